The van der Waals surface area contributed by atoms with Crippen LogP contribution in [0.15, 0.2) is 46.8 Å². The van der Waals surface area contributed by atoms with Crippen LogP contribution in [-0.4, -0.2) is 0 Å². The zero-order valence-corrected chi connectivity index (χ0v) is 13.0. The molecule has 1 aromatic carbocycles. The first-order chi connectivity index (χ1) is 8.51. The van der Waals surface area contributed by atoms with Gasteiger partial charge in [0.1, 0.15) is 5.40 Å². The van der Waals surface area contributed by atoms with E-state index in [4.69, 9.17) is 16.9 Å². The van der Waals surface area contributed by atoms with Crippen LogP contribution in [0.4, 0.5) is 0 Å². The maximum Gasteiger partial charge on any atom is 0.138 e. The number of hydrogen-bond donors (Lipinski definition) is 0. The Morgan fingerprint density at radius 1 is 1.56 bits per heavy atom. The summed E-state index contributed by atoms with van der Waals surface area (Å²) in [5, 5.41) is 11.5. The standard InChI is InChI=1S/C14H11BrClNS/c1-4-11(14(10(3)15)18-8-17)12-7-9(2)5-6-13(12)16/h4-7H,1,3H2,2H3/b14-11-. The quantitative estimate of drug-likeness (QED) is 0.521. The van der Waals surface area contributed by atoms with Crippen LogP contribution in [0.25, 0.3) is 5.57 Å². The first-order valence-corrected chi connectivity index (χ1v) is 7.04. The number of rotatable bonds is 4. The van der Waals surface area contributed by atoms with Gasteiger partial charge in [0.15, 0.2) is 0 Å². The van der Waals surface area contributed by atoms with Crippen molar-refractivity contribution in [1.29, 1.82) is 5.26 Å². The van der Waals surface area contributed by atoms with Crippen molar-refractivity contribution in [2.45, 2.75) is 6.92 Å². The zero-order valence-electron chi connectivity index (χ0n) is 9.84. The molecular formula is C14H11BrClNS. The topological polar surface area (TPSA) is 23.8 Å². The number of hydrogen-bond acceptors (Lipinski definition) is 2. The number of nitriles is 1. The predicted molar refractivity (Wildman–Crippen MR) is 84.6 cm³/mol. The normalized spacial score (nSPS) is 11.4. The van der Waals surface area contributed by atoms with Gasteiger partial charge in [0.25, 0.3) is 0 Å². The molecule has 4 heteroatoms. The molecule has 0 atom stereocenters. The van der Waals surface area contributed by atoms with Crippen molar-refractivity contribution in [2.24, 2.45) is 0 Å². The van der Waals surface area contributed by atoms with Crippen molar-refractivity contribution in [3.8, 4) is 5.40 Å². The number of halogens is 2. The number of aryl methyl sites for hydroxylation is 1. The second kappa shape index (κ2) is 6.84. The van der Waals surface area contributed by atoms with Gasteiger partial charge in [0, 0.05) is 20.0 Å². The number of nitrogens with zero attached hydrogens (tertiary/aromatic N) is 1. The molecule has 1 aromatic rings. The minimum atomic E-state index is 0.625. The summed E-state index contributed by atoms with van der Waals surface area (Å²) < 4.78 is 0.640. The van der Waals surface area contributed by atoms with Crippen LogP contribution in [0, 0.1) is 17.6 Å². The van der Waals surface area contributed by atoms with E-state index in [1.54, 1.807) is 6.08 Å². The average Bonchev–Trinajstić information content (AvgIpc) is 2.33. The maximum atomic E-state index is 8.85. The Hall–Kier alpha value is -0.950. The van der Waals surface area contributed by atoms with Crippen molar-refractivity contribution in [3.05, 3.63) is 63.0 Å². The highest BCUT2D eigenvalue weighted by molar-refractivity contribution is 9.12. The fourth-order valence-corrected chi connectivity index (χ4v) is 2.65. The Morgan fingerprint density at radius 3 is 2.72 bits per heavy atom. The summed E-state index contributed by atoms with van der Waals surface area (Å²) in [4.78, 5) is 0.722. The first-order valence-electron chi connectivity index (χ1n) is 5.05. The number of thioether (sulfide) groups is 1. The fourth-order valence-electron chi connectivity index (χ4n) is 1.47. The second-order valence-electron chi connectivity index (χ2n) is 3.53. The Balaban J connectivity index is 3.53. The molecule has 1 rings (SSSR count). The second-order valence-corrected chi connectivity index (χ2v) is 5.69. The van der Waals surface area contributed by atoms with E-state index in [0.29, 0.717) is 9.51 Å². The van der Waals surface area contributed by atoms with Gasteiger partial charge in [-0.2, -0.15) is 5.26 Å². The van der Waals surface area contributed by atoms with Crippen LogP contribution in [0.5, 0.6) is 0 Å². The minimum absolute atomic E-state index is 0.625. The molecule has 0 aliphatic heterocycles. The largest absolute Gasteiger partial charge is 0.185 e. The van der Waals surface area contributed by atoms with Crippen LogP contribution in [0.2, 0.25) is 5.02 Å². The molecule has 0 bridgehead atoms. The van der Waals surface area contributed by atoms with Crippen LogP contribution >= 0.6 is 39.3 Å². The summed E-state index contributed by atoms with van der Waals surface area (Å²) in [7, 11) is 0. The monoisotopic (exact) mass is 339 g/mol. The van der Waals surface area contributed by atoms with Gasteiger partial charge in [-0.1, -0.05) is 58.4 Å². The Kier molecular flexibility index (Phi) is 5.74. The highest BCUT2D eigenvalue weighted by Crippen LogP contribution is 2.37. The highest BCUT2D eigenvalue weighted by atomic mass is 79.9. The van der Waals surface area contributed by atoms with Gasteiger partial charge in [-0.3, -0.25) is 0 Å². The molecule has 0 saturated heterocycles. The van der Waals surface area contributed by atoms with E-state index >= 15 is 0 Å². The molecule has 0 fully saturated rings. The minimum Gasteiger partial charge on any atom is -0.185 e. The van der Waals surface area contributed by atoms with Gasteiger partial charge in [-0.25, -0.2) is 0 Å². The molecule has 0 heterocycles. The summed E-state index contributed by atoms with van der Waals surface area (Å²) >= 11 is 10.5. The Labute approximate surface area is 125 Å². The highest BCUT2D eigenvalue weighted by Gasteiger charge is 2.12. The Morgan fingerprint density at radius 2 is 2.22 bits per heavy atom. The first kappa shape index (κ1) is 15.1. The van der Waals surface area contributed by atoms with Crippen LogP contribution in [0.1, 0.15) is 11.1 Å². The third-order valence-corrected chi connectivity index (χ3v) is 4.01. The lowest BCUT2D eigenvalue weighted by Gasteiger charge is -2.11. The van der Waals surface area contributed by atoms with Crippen LogP contribution in [-0.2, 0) is 0 Å². The molecule has 0 aliphatic carbocycles. The lowest BCUT2D eigenvalue weighted by Crippen LogP contribution is -1.89. The van der Waals surface area contributed by atoms with Crippen LogP contribution < -0.4 is 0 Å². The molecule has 0 spiro atoms. The summed E-state index contributed by atoms with van der Waals surface area (Å²) in [6, 6.07) is 5.74. The molecule has 0 N–H and O–H groups in total. The molecule has 18 heavy (non-hydrogen) atoms. The van der Waals surface area contributed by atoms with Crippen molar-refractivity contribution in [2.75, 3.05) is 0 Å². The Bertz CT molecular complexity index is 570. The van der Waals surface area contributed by atoms with E-state index in [2.05, 4.69) is 29.1 Å². The lowest BCUT2D eigenvalue weighted by molar-refractivity contribution is 1.45. The van der Waals surface area contributed by atoms with Gasteiger partial charge >= 0.3 is 0 Å². The van der Waals surface area contributed by atoms with E-state index in [1.807, 2.05) is 30.5 Å². The van der Waals surface area contributed by atoms with E-state index < -0.39 is 0 Å². The van der Waals surface area contributed by atoms with Gasteiger partial charge in [0.05, 0.1) is 0 Å². The number of benzene rings is 1. The van der Waals surface area contributed by atoms with Crippen LogP contribution in [0.3, 0.4) is 0 Å². The SMILES string of the molecule is C=C/C(=C(/SC#N)C(=C)Br)c1cc(C)ccc1Cl. The van der Waals surface area contributed by atoms with Crippen molar-refractivity contribution >= 4 is 44.9 Å². The zero-order chi connectivity index (χ0) is 13.7. The van der Waals surface area contributed by atoms with Crippen molar-refractivity contribution in [3.63, 3.8) is 0 Å². The molecular weight excluding hydrogens is 330 g/mol. The van der Waals surface area contributed by atoms with Gasteiger partial charge in [-0.05, 0) is 36.4 Å². The summed E-state index contributed by atoms with van der Waals surface area (Å²) in [5.74, 6) is 0. The number of thiocyanates is 1. The van der Waals surface area contributed by atoms with Gasteiger partial charge in [-0.15, -0.1) is 0 Å². The molecule has 1 nitrogen and oxygen atoms in total. The predicted octanol–water partition coefficient (Wildman–Crippen LogP) is 5.67. The maximum absolute atomic E-state index is 8.85. The molecule has 0 unspecified atom stereocenters. The average molecular weight is 341 g/mol. The van der Waals surface area contributed by atoms with Crippen molar-refractivity contribution in [1.82, 2.24) is 0 Å². The van der Waals surface area contributed by atoms with Gasteiger partial charge in [0.2, 0.25) is 0 Å². The molecule has 0 aromatic heterocycles. The molecule has 0 amide bonds. The van der Waals surface area contributed by atoms with Gasteiger partial charge < -0.3 is 0 Å². The third-order valence-electron chi connectivity index (χ3n) is 2.25. The van der Waals surface area contributed by atoms with E-state index in [0.717, 1.165) is 33.4 Å². The lowest BCUT2D eigenvalue weighted by atomic mass is 10.0. The van der Waals surface area contributed by atoms with E-state index in [9.17, 15) is 0 Å². The summed E-state index contributed by atoms with van der Waals surface area (Å²) in [5.41, 5.74) is 2.75. The molecule has 0 aliphatic rings. The van der Waals surface area contributed by atoms with E-state index in [1.165, 1.54) is 0 Å². The molecule has 0 saturated carbocycles. The molecule has 0 radical (unpaired) electrons. The third kappa shape index (κ3) is 3.52. The smallest absolute Gasteiger partial charge is 0.138 e. The fraction of sp³-hybridized carbons (Fsp3) is 0.0714. The summed E-state index contributed by atoms with van der Waals surface area (Å²) in [6.07, 6.45) is 1.69. The molecule has 92 valence electrons. The van der Waals surface area contributed by atoms with Crippen molar-refractivity contribution < 1.29 is 0 Å². The van der Waals surface area contributed by atoms with E-state index in [-0.39, 0.29) is 0 Å². The number of allylic oxidation sites excluding steroid dienone is 3. The summed E-state index contributed by atoms with van der Waals surface area (Å²) in [6.45, 7) is 9.60.